The molecule has 1 aliphatic heterocycles. The highest BCUT2D eigenvalue weighted by Crippen LogP contribution is 2.38. The van der Waals surface area contributed by atoms with Crippen LogP contribution in [0.3, 0.4) is 0 Å². The number of hydrogen-bond donors (Lipinski definition) is 2. The van der Waals surface area contributed by atoms with Gasteiger partial charge in [0.15, 0.2) is 0 Å². The van der Waals surface area contributed by atoms with Gasteiger partial charge in [-0.3, -0.25) is 9.69 Å². The third-order valence-electron chi connectivity index (χ3n) is 6.05. The Morgan fingerprint density at radius 1 is 1.23 bits per heavy atom. The van der Waals surface area contributed by atoms with Crippen LogP contribution in [-0.4, -0.2) is 47.7 Å². The first-order valence-electron chi connectivity index (χ1n) is 9.37. The number of carboxylic acid groups (broad SMARTS) is 1. The van der Waals surface area contributed by atoms with E-state index in [4.69, 9.17) is 0 Å². The molecule has 4 heteroatoms. The standard InChI is InChI=1S/C18H32N2O2/c1-2-17(14-7-8-14)20-11-15(18(21)22)9-16(12-20)19-10-13-5-3-4-6-13/h13-17,19H,2-12H2,1H3,(H,21,22). The summed E-state index contributed by atoms with van der Waals surface area (Å²) in [5.74, 6) is 0.850. The lowest BCUT2D eigenvalue weighted by atomic mass is 9.91. The van der Waals surface area contributed by atoms with Crippen molar-refractivity contribution in [2.24, 2.45) is 17.8 Å². The number of piperidine rings is 1. The first-order chi connectivity index (χ1) is 10.7. The third kappa shape index (κ3) is 4.02. The highest BCUT2D eigenvalue weighted by atomic mass is 16.4. The lowest BCUT2D eigenvalue weighted by Crippen LogP contribution is -2.55. The number of likely N-dealkylation sites (tertiary alicyclic amines) is 1. The molecule has 0 spiro atoms. The van der Waals surface area contributed by atoms with Crippen LogP contribution in [0.5, 0.6) is 0 Å². The molecule has 3 aliphatic rings. The number of hydrogen-bond acceptors (Lipinski definition) is 3. The molecule has 0 radical (unpaired) electrons. The van der Waals surface area contributed by atoms with E-state index in [1.807, 2.05) is 0 Å². The molecule has 3 atom stereocenters. The molecule has 3 unspecified atom stereocenters. The topological polar surface area (TPSA) is 52.6 Å². The van der Waals surface area contributed by atoms with Crippen LogP contribution in [0.15, 0.2) is 0 Å². The molecule has 2 saturated carbocycles. The molecular formula is C18H32N2O2. The monoisotopic (exact) mass is 308 g/mol. The van der Waals surface area contributed by atoms with Gasteiger partial charge >= 0.3 is 5.97 Å². The van der Waals surface area contributed by atoms with Crippen molar-refractivity contribution in [3.05, 3.63) is 0 Å². The molecule has 0 aromatic rings. The van der Waals surface area contributed by atoms with Crippen LogP contribution in [-0.2, 0) is 4.79 Å². The fourth-order valence-corrected chi connectivity index (χ4v) is 4.65. The average Bonchev–Trinajstić information content (AvgIpc) is 3.20. The maximum absolute atomic E-state index is 11.5. The number of rotatable bonds is 7. The van der Waals surface area contributed by atoms with Crippen LogP contribution in [0.25, 0.3) is 0 Å². The van der Waals surface area contributed by atoms with Crippen molar-refractivity contribution < 1.29 is 9.90 Å². The Labute approximate surface area is 134 Å². The quantitative estimate of drug-likeness (QED) is 0.759. The van der Waals surface area contributed by atoms with Gasteiger partial charge in [0.2, 0.25) is 0 Å². The van der Waals surface area contributed by atoms with Gasteiger partial charge in [0.05, 0.1) is 5.92 Å². The smallest absolute Gasteiger partial charge is 0.307 e. The van der Waals surface area contributed by atoms with Crippen molar-refractivity contribution in [1.82, 2.24) is 10.2 Å². The molecule has 2 aliphatic carbocycles. The van der Waals surface area contributed by atoms with Gasteiger partial charge in [-0.15, -0.1) is 0 Å². The number of aliphatic carboxylic acids is 1. The number of nitrogens with zero attached hydrogens (tertiary/aromatic N) is 1. The number of carbonyl (C=O) groups is 1. The Morgan fingerprint density at radius 2 is 1.95 bits per heavy atom. The highest BCUT2D eigenvalue weighted by molar-refractivity contribution is 5.70. The van der Waals surface area contributed by atoms with E-state index in [0.29, 0.717) is 12.1 Å². The zero-order chi connectivity index (χ0) is 15.5. The number of carboxylic acids is 1. The largest absolute Gasteiger partial charge is 0.481 e. The maximum Gasteiger partial charge on any atom is 0.307 e. The van der Waals surface area contributed by atoms with E-state index in [0.717, 1.165) is 44.3 Å². The van der Waals surface area contributed by atoms with Crippen molar-refractivity contribution in [3.8, 4) is 0 Å². The summed E-state index contributed by atoms with van der Waals surface area (Å²) in [6.07, 6.45) is 10.1. The predicted octanol–water partition coefficient (Wildman–Crippen LogP) is 2.73. The number of nitrogens with one attached hydrogen (secondary N) is 1. The van der Waals surface area contributed by atoms with Crippen molar-refractivity contribution in [1.29, 1.82) is 0 Å². The second kappa shape index (κ2) is 7.31. The summed E-state index contributed by atoms with van der Waals surface area (Å²) in [4.78, 5) is 14.0. The van der Waals surface area contributed by atoms with Crippen molar-refractivity contribution in [2.75, 3.05) is 19.6 Å². The summed E-state index contributed by atoms with van der Waals surface area (Å²) in [5, 5.41) is 13.2. The molecule has 1 saturated heterocycles. The summed E-state index contributed by atoms with van der Waals surface area (Å²) in [7, 11) is 0. The summed E-state index contributed by atoms with van der Waals surface area (Å²) >= 11 is 0. The maximum atomic E-state index is 11.5. The molecule has 0 aromatic carbocycles. The summed E-state index contributed by atoms with van der Waals surface area (Å²) in [6.45, 7) is 5.15. The van der Waals surface area contributed by atoms with Crippen LogP contribution >= 0.6 is 0 Å². The Morgan fingerprint density at radius 3 is 2.55 bits per heavy atom. The minimum absolute atomic E-state index is 0.192. The van der Waals surface area contributed by atoms with Crippen LogP contribution in [0, 0.1) is 17.8 Å². The normalized spacial score (nSPS) is 32.2. The van der Waals surface area contributed by atoms with Gasteiger partial charge in [0.25, 0.3) is 0 Å². The van der Waals surface area contributed by atoms with Crippen molar-refractivity contribution in [3.63, 3.8) is 0 Å². The van der Waals surface area contributed by atoms with Gasteiger partial charge in [-0.25, -0.2) is 0 Å². The van der Waals surface area contributed by atoms with E-state index in [9.17, 15) is 9.90 Å². The summed E-state index contributed by atoms with van der Waals surface area (Å²) in [5.41, 5.74) is 0. The van der Waals surface area contributed by atoms with Crippen LogP contribution in [0.1, 0.15) is 58.3 Å². The average molecular weight is 308 g/mol. The molecule has 3 rings (SSSR count). The Bertz CT molecular complexity index is 377. The molecule has 2 N–H and O–H groups in total. The van der Waals surface area contributed by atoms with Gasteiger partial charge in [0, 0.05) is 25.2 Å². The zero-order valence-corrected chi connectivity index (χ0v) is 14.0. The van der Waals surface area contributed by atoms with E-state index < -0.39 is 5.97 Å². The summed E-state index contributed by atoms with van der Waals surface area (Å²) < 4.78 is 0. The minimum Gasteiger partial charge on any atom is -0.481 e. The third-order valence-corrected chi connectivity index (χ3v) is 6.05. The molecule has 4 nitrogen and oxygen atoms in total. The van der Waals surface area contributed by atoms with E-state index in [2.05, 4.69) is 17.1 Å². The van der Waals surface area contributed by atoms with E-state index >= 15 is 0 Å². The van der Waals surface area contributed by atoms with Gasteiger partial charge in [-0.05, 0) is 56.9 Å². The first-order valence-corrected chi connectivity index (χ1v) is 9.37. The Hall–Kier alpha value is -0.610. The SMILES string of the molecule is CCC(C1CC1)N1CC(NCC2CCCC2)CC(C(=O)O)C1. The zero-order valence-electron chi connectivity index (χ0n) is 14.0. The van der Waals surface area contributed by atoms with Crippen LogP contribution in [0.2, 0.25) is 0 Å². The minimum atomic E-state index is -0.608. The Kier molecular flexibility index (Phi) is 5.40. The van der Waals surface area contributed by atoms with E-state index in [1.54, 1.807) is 0 Å². The Balaban J connectivity index is 1.57. The second-order valence-corrected chi connectivity index (χ2v) is 7.79. The lowest BCUT2D eigenvalue weighted by molar-refractivity contribution is -0.144. The summed E-state index contributed by atoms with van der Waals surface area (Å²) in [6, 6.07) is 0.973. The molecule has 126 valence electrons. The second-order valence-electron chi connectivity index (χ2n) is 7.79. The molecule has 1 heterocycles. The highest BCUT2D eigenvalue weighted by Gasteiger charge is 2.39. The van der Waals surface area contributed by atoms with Gasteiger partial charge in [0.1, 0.15) is 0 Å². The van der Waals surface area contributed by atoms with Gasteiger partial charge in [-0.1, -0.05) is 19.8 Å². The van der Waals surface area contributed by atoms with E-state index in [1.165, 1.54) is 38.5 Å². The van der Waals surface area contributed by atoms with E-state index in [-0.39, 0.29) is 5.92 Å². The lowest BCUT2D eigenvalue weighted by Gasteiger charge is -2.41. The van der Waals surface area contributed by atoms with Crippen molar-refractivity contribution >= 4 is 5.97 Å². The van der Waals surface area contributed by atoms with Gasteiger partial charge < -0.3 is 10.4 Å². The first kappa shape index (κ1) is 16.3. The fourth-order valence-electron chi connectivity index (χ4n) is 4.65. The molecular weight excluding hydrogens is 276 g/mol. The van der Waals surface area contributed by atoms with Crippen LogP contribution in [0.4, 0.5) is 0 Å². The van der Waals surface area contributed by atoms with Gasteiger partial charge in [-0.2, -0.15) is 0 Å². The predicted molar refractivity (Wildman–Crippen MR) is 87.9 cm³/mol. The van der Waals surface area contributed by atoms with Crippen LogP contribution < -0.4 is 5.32 Å². The molecule has 0 aromatic heterocycles. The molecule has 0 bridgehead atoms. The molecule has 3 fully saturated rings. The fraction of sp³-hybridized carbons (Fsp3) is 0.944. The molecule has 0 amide bonds. The molecule has 22 heavy (non-hydrogen) atoms. The van der Waals surface area contributed by atoms with Crippen molar-refractivity contribution in [2.45, 2.75) is 70.4 Å².